The van der Waals surface area contributed by atoms with Crippen molar-refractivity contribution in [3.05, 3.63) is 59.2 Å². The number of benzene rings is 2. The first kappa shape index (κ1) is 21.1. The third-order valence-electron chi connectivity index (χ3n) is 4.13. The van der Waals surface area contributed by atoms with Crippen LogP contribution in [0.2, 0.25) is 0 Å². The summed E-state index contributed by atoms with van der Waals surface area (Å²) in [6, 6.07) is 12.8. The Morgan fingerprint density at radius 1 is 1.14 bits per heavy atom. The van der Waals surface area contributed by atoms with Crippen molar-refractivity contribution in [2.75, 3.05) is 27.2 Å². The van der Waals surface area contributed by atoms with Crippen molar-refractivity contribution in [3.63, 3.8) is 0 Å². The van der Waals surface area contributed by atoms with E-state index in [0.717, 1.165) is 24.1 Å². The summed E-state index contributed by atoms with van der Waals surface area (Å²) < 4.78 is 5.05. The molecule has 0 bridgehead atoms. The third kappa shape index (κ3) is 6.19. The summed E-state index contributed by atoms with van der Waals surface area (Å²) >= 11 is 0. The van der Waals surface area contributed by atoms with E-state index in [0.29, 0.717) is 30.4 Å². The number of nitrogens with one attached hydrogen (secondary N) is 3. The number of hydrogen-bond acceptors (Lipinski definition) is 4. The Morgan fingerprint density at radius 2 is 1.96 bits per heavy atom. The van der Waals surface area contributed by atoms with Gasteiger partial charge in [0.05, 0.1) is 13.7 Å². The average molecular weight is 384 g/mol. The fourth-order valence-electron chi connectivity index (χ4n) is 2.68. The number of rotatable bonds is 8. The van der Waals surface area contributed by atoms with Crippen LogP contribution >= 0.6 is 0 Å². The number of ether oxygens (including phenoxy) is 1. The molecule has 0 heterocycles. The highest BCUT2D eigenvalue weighted by atomic mass is 16.5. The highest BCUT2D eigenvalue weighted by Gasteiger charge is 2.05. The monoisotopic (exact) mass is 384 g/mol. The molecule has 7 heteroatoms. The van der Waals surface area contributed by atoms with E-state index in [9.17, 15) is 9.90 Å². The summed E-state index contributed by atoms with van der Waals surface area (Å²) in [4.78, 5) is 16.3. The van der Waals surface area contributed by atoms with Gasteiger partial charge in [0.1, 0.15) is 0 Å². The van der Waals surface area contributed by atoms with Crippen molar-refractivity contribution >= 4 is 11.9 Å². The topological polar surface area (TPSA) is 95.0 Å². The first-order valence-corrected chi connectivity index (χ1v) is 9.26. The minimum Gasteiger partial charge on any atom is -0.504 e. The maximum atomic E-state index is 11.7. The number of phenols is 1. The smallest absolute Gasteiger partial charge is 0.251 e. The predicted octanol–water partition coefficient (Wildman–Crippen LogP) is 2.06. The lowest BCUT2D eigenvalue weighted by atomic mass is 10.1. The fourth-order valence-corrected chi connectivity index (χ4v) is 2.68. The van der Waals surface area contributed by atoms with Crippen molar-refractivity contribution in [2.45, 2.75) is 19.9 Å². The Hall–Kier alpha value is -3.22. The number of carbonyl (C=O) groups excluding carboxylic acids is 1. The zero-order valence-electron chi connectivity index (χ0n) is 16.6. The molecule has 2 aromatic carbocycles. The van der Waals surface area contributed by atoms with Crippen molar-refractivity contribution in [2.24, 2.45) is 4.99 Å². The molecule has 0 aromatic heterocycles. The van der Waals surface area contributed by atoms with Crippen LogP contribution in [0, 0.1) is 0 Å². The zero-order chi connectivity index (χ0) is 20.4. The van der Waals surface area contributed by atoms with Crippen LogP contribution in [-0.2, 0) is 13.0 Å². The van der Waals surface area contributed by atoms with Gasteiger partial charge >= 0.3 is 0 Å². The Labute approximate surface area is 165 Å². The number of amides is 1. The second-order valence-corrected chi connectivity index (χ2v) is 6.16. The van der Waals surface area contributed by atoms with Gasteiger partial charge in [-0.15, -0.1) is 0 Å². The lowest BCUT2D eigenvalue weighted by molar-refractivity contribution is 0.0963. The molecule has 0 radical (unpaired) electrons. The van der Waals surface area contributed by atoms with Gasteiger partial charge in [0.15, 0.2) is 17.5 Å². The standard InChI is InChI=1S/C21H28N4O3/c1-4-23-21(25-14-16-8-9-19(28-3)18(26)13-16)24-11-10-15-6-5-7-17(12-15)20(27)22-2/h5-9,12-13,26H,4,10-11,14H2,1-3H3,(H,22,27)(H2,23,24,25). The number of carbonyl (C=O) groups is 1. The fraction of sp³-hybridized carbons (Fsp3) is 0.333. The summed E-state index contributed by atoms with van der Waals surface area (Å²) in [5.74, 6) is 1.15. The minimum atomic E-state index is -0.0903. The molecule has 2 rings (SSSR count). The number of methoxy groups -OCH3 is 1. The molecule has 7 nitrogen and oxygen atoms in total. The summed E-state index contributed by atoms with van der Waals surface area (Å²) in [7, 11) is 3.14. The highest BCUT2D eigenvalue weighted by molar-refractivity contribution is 5.94. The van der Waals surface area contributed by atoms with E-state index in [2.05, 4.69) is 20.9 Å². The largest absolute Gasteiger partial charge is 0.504 e. The van der Waals surface area contributed by atoms with Gasteiger partial charge in [-0.25, -0.2) is 4.99 Å². The molecule has 0 aliphatic heterocycles. The summed E-state index contributed by atoms with van der Waals surface area (Å²) in [5, 5.41) is 19.0. The van der Waals surface area contributed by atoms with Crippen molar-refractivity contribution < 1.29 is 14.6 Å². The second-order valence-electron chi connectivity index (χ2n) is 6.16. The Balaban J connectivity index is 1.94. The molecular formula is C21H28N4O3. The van der Waals surface area contributed by atoms with Crippen molar-refractivity contribution in [1.29, 1.82) is 0 Å². The van der Waals surface area contributed by atoms with Crippen molar-refractivity contribution in [1.82, 2.24) is 16.0 Å². The lowest BCUT2D eigenvalue weighted by Crippen LogP contribution is -2.38. The number of aliphatic imine (C=N–C) groups is 1. The van der Waals surface area contributed by atoms with Crippen molar-refractivity contribution in [3.8, 4) is 11.5 Å². The normalized spacial score (nSPS) is 11.0. The van der Waals surface area contributed by atoms with Crippen LogP contribution in [-0.4, -0.2) is 44.2 Å². The molecule has 0 saturated carbocycles. The first-order chi connectivity index (χ1) is 13.6. The summed E-state index contributed by atoms with van der Waals surface area (Å²) in [6.45, 7) is 3.85. The van der Waals surface area contributed by atoms with Gasteiger partial charge in [0, 0.05) is 25.7 Å². The van der Waals surface area contributed by atoms with Gasteiger partial charge in [-0.3, -0.25) is 4.79 Å². The van der Waals surface area contributed by atoms with Gasteiger partial charge in [-0.2, -0.15) is 0 Å². The molecule has 150 valence electrons. The number of hydrogen-bond donors (Lipinski definition) is 4. The molecule has 0 aliphatic carbocycles. The van der Waals surface area contributed by atoms with Gasteiger partial charge in [0.25, 0.3) is 5.91 Å². The van der Waals surface area contributed by atoms with Gasteiger partial charge in [-0.05, 0) is 48.7 Å². The highest BCUT2D eigenvalue weighted by Crippen LogP contribution is 2.26. The van der Waals surface area contributed by atoms with Gasteiger partial charge in [-0.1, -0.05) is 18.2 Å². The van der Waals surface area contributed by atoms with E-state index >= 15 is 0 Å². The zero-order valence-corrected chi connectivity index (χ0v) is 16.6. The molecule has 0 spiro atoms. The van der Waals surface area contributed by atoms with Crippen LogP contribution in [0.25, 0.3) is 0 Å². The van der Waals surface area contributed by atoms with Crippen LogP contribution in [0.3, 0.4) is 0 Å². The lowest BCUT2D eigenvalue weighted by Gasteiger charge is -2.12. The molecule has 4 N–H and O–H groups in total. The molecule has 2 aromatic rings. The predicted molar refractivity (Wildman–Crippen MR) is 111 cm³/mol. The SMILES string of the molecule is CCNC(=NCc1ccc(OC)c(O)c1)NCCc1cccc(C(=O)NC)c1. The van der Waals surface area contributed by atoms with E-state index < -0.39 is 0 Å². The number of guanidine groups is 1. The molecule has 0 aliphatic rings. The molecule has 1 amide bonds. The Kier molecular flexibility index (Phi) is 8.14. The van der Waals surface area contributed by atoms with Crippen LogP contribution in [0.15, 0.2) is 47.5 Å². The Bertz CT molecular complexity index is 821. The van der Waals surface area contributed by atoms with E-state index in [1.165, 1.54) is 7.11 Å². The van der Waals surface area contributed by atoms with Crippen LogP contribution in [0.4, 0.5) is 0 Å². The second kappa shape index (κ2) is 10.8. The number of phenolic OH excluding ortho intramolecular Hbond substituents is 1. The number of nitrogens with zero attached hydrogens (tertiary/aromatic N) is 1. The summed E-state index contributed by atoms with van der Waals surface area (Å²) in [5.41, 5.74) is 2.61. The molecule has 0 fully saturated rings. The first-order valence-electron chi connectivity index (χ1n) is 9.26. The Morgan fingerprint density at radius 3 is 2.64 bits per heavy atom. The maximum absolute atomic E-state index is 11.7. The quantitative estimate of drug-likeness (QED) is 0.413. The number of aromatic hydroxyl groups is 1. The molecule has 0 saturated heterocycles. The summed E-state index contributed by atoms with van der Waals surface area (Å²) in [6.07, 6.45) is 0.762. The van der Waals surface area contributed by atoms with E-state index in [4.69, 9.17) is 4.74 Å². The maximum Gasteiger partial charge on any atom is 0.251 e. The van der Waals surface area contributed by atoms with E-state index in [1.807, 2.05) is 31.2 Å². The molecule has 0 unspecified atom stereocenters. The molecular weight excluding hydrogens is 356 g/mol. The minimum absolute atomic E-state index is 0.0903. The van der Waals surface area contributed by atoms with Crippen LogP contribution in [0.1, 0.15) is 28.4 Å². The third-order valence-corrected chi connectivity index (χ3v) is 4.13. The van der Waals surface area contributed by atoms with E-state index in [-0.39, 0.29) is 11.7 Å². The van der Waals surface area contributed by atoms with Crippen LogP contribution in [0.5, 0.6) is 11.5 Å². The van der Waals surface area contributed by atoms with Crippen LogP contribution < -0.4 is 20.7 Å². The molecule has 0 atom stereocenters. The van der Waals surface area contributed by atoms with Gasteiger partial charge < -0.3 is 25.8 Å². The van der Waals surface area contributed by atoms with Gasteiger partial charge in [0.2, 0.25) is 0 Å². The molecule has 28 heavy (non-hydrogen) atoms. The van der Waals surface area contributed by atoms with E-state index in [1.54, 1.807) is 25.2 Å². The average Bonchev–Trinajstić information content (AvgIpc) is 2.71.